The normalized spacial score (nSPS) is 12.6. The first-order valence-corrected chi connectivity index (χ1v) is 4.36. The van der Waals surface area contributed by atoms with Crippen LogP contribution < -0.4 is 0 Å². The molecular weight excluding hydrogens is 140 g/mol. The SMILES string of the molecule is CCOC(=O)CCC(C)CC. The molecule has 11 heavy (non-hydrogen) atoms. The molecule has 0 saturated heterocycles. The van der Waals surface area contributed by atoms with E-state index >= 15 is 0 Å². The van der Waals surface area contributed by atoms with Gasteiger partial charge in [0.1, 0.15) is 0 Å². The Balaban J connectivity index is 3.30. The Labute approximate surface area is 68.9 Å². The minimum Gasteiger partial charge on any atom is -0.466 e. The number of carbonyl (C=O) groups is 1. The van der Waals surface area contributed by atoms with Gasteiger partial charge in [0.15, 0.2) is 0 Å². The maximum Gasteiger partial charge on any atom is 0.305 e. The average molecular weight is 158 g/mol. The highest BCUT2D eigenvalue weighted by Crippen LogP contribution is 2.09. The molecule has 1 atom stereocenters. The van der Waals surface area contributed by atoms with Crippen molar-refractivity contribution in [3.05, 3.63) is 0 Å². The summed E-state index contributed by atoms with van der Waals surface area (Å²) < 4.78 is 4.80. The third-order valence-corrected chi connectivity index (χ3v) is 1.84. The molecule has 0 heterocycles. The van der Waals surface area contributed by atoms with Crippen molar-refractivity contribution in [2.75, 3.05) is 6.61 Å². The van der Waals surface area contributed by atoms with Crippen LogP contribution in [0.25, 0.3) is 0 Å². The van der Waals surface area contributed by atoms with Crippen LogP contribution in [-0.2, 0) is 9.53 Å². The van der Waals surface area contributed by atoms with Crippen LogP contribution in [0.4, 0.5) is 0 Å². The Bertz CT molecular complexity index is 110. The van der Waals surface area contributed by atoms with Gasteiger partial charge in [-0.15, -0.1) is 0 Å². The van der Waals surface area contributed by atoms with E-state index in [1.54, 1.807) is 0 Å². The monoisotopic (exact) mass is 158 g/mol. The molecule has 0 saturated carbocycles. The fourth-order valence-corrected chi connectivity index (χ4v) is 0.802. The van der Waals surface area contributed by atoms with Crippen LogP contribution in [0.1, 0.15) is 40.0 Å². The van der Waals surface area contributed by atoms with E-state index in [0.29, 0.717) is 18.9 Å². The first-order valence-electron chi connectivity index (χ1n) is 4.36. The summed E-state index contributed by atoms with van der Waals surface area (Å²) in [6.07, 6.45) is 2.66. The Morgan fingerprint density at radius 2 is 2.09 bits per heavy atom. The van der Waals surface area contributed by atoms with Crippen molar-refractivity contribution >= 4 is 5.97 Å². The van der Waals surface area contributed by atoms with Crippen molar-refractivity contribution in [2.24, 2.45) is 5.92 Å². The number of esters is 1. The van der Waals surface area contributed by atoms with Gasteiger partial charge in [-0.3, -0.25) is 4.79 Å². The lowest BCUT2D eigenvalue weighted by molar-refractivity contribution is -0.143. The number of hydrogen-bond acceptors (Lipinski definition) is 2. The number of carbonyl (C=O) groups excluding carboxylic acids is 1. The zero-order valence-electron chi connectivity index (χ0n) is 7.72. The van der Waals surface area contributed by atoms with Crippen LogP contribution in [0.5, 0.6) is 0 Å². The molecule has 0 aliphatic carbocycles. The highest BCUT2D eigenvalue weighted by atomic mass is 16.5. The molecule has 0 aromatic heterocycles. The predicted octanol–water partition coefficient (Wildman–Crippen LogP) is 2.38. The van der Waals surface area contributed by atoms with E-state index in [-0.39, 0.29) is 5.97 Å². The van der Waals surface area contributed by atoms with E-state index < -0.39 is 0 Å². The smallest absolute Gasteiger partial charge is 0.305 e. The highest BCUT2D eigenvalue weighted by molar-refractivity contribution is 5.69. The first-order chi connectivity index (χ1) is 5.20. The second-order valence-corrected chi connectivity index (χ2v) is 2.86. The lowest BCUT2D eigenvalue weighted by Gasteiger charge is -2.06. The molecule has 0 aliphatic heterocycles. The molecule has 0 aromatic rings. The Kier molecular flexibility index (Phi) is 5.90. The van der Waals surface area contributed by atoms with Gasteiger partial charge in [0, 0.05) is 6.42 Å². The van der Waals surface area contributed by atoms with E-state index in [2.05, 4.69) is 13.8 Å². The van der Waals surface area contributed by atoms with Crippen LogP contribution >= 0.6 is 0 Å². The van der Waals surface area contributed by atoms with Gasteiger partial charge in [-0.05, 0) is 19.3 Å². The van der Waals surface area contributed by atoms with E-state index in [0.717, 1.165) is 12.8 Å². The molecule has 0 aromatic carbocycles. The summed E-state index contributed by atoms with van der Waals surface area (Å²) >= 11 is 0. The molecule has 2 nitrogen and oxygen atoms in total. The summed E-state index contributed by atoms with van der Waals surface area (Å²) in [6.45, 7) is 6.62. The summed E-state index contributed by atoms with van der Waals surface area (Å²) in [6, 6.07) is 0. The molecule has 0 amide bonds. The molecule has 0 bridgehead atoms. The second kappa shape index (κ2) is 6.20. The minimum atomic E-state index is -0.0622. The van der Waals surface area contributed by atoms with Crippen LogP contribution in [0.2, 0.25) is 0 Å². The van der Waals surface area contributed by atoms with Crippen molar-refractivity contribution < 1.29 is 9.53 Å². The third kappa shape index (κ3) is 5.89. The molecule has 0 rings (SSSR count). The lowest BCUT2D eigenvalue weighted by Crippen LogP contribution is -2.05. The number of ether oxygens (including phenoxy) is 1. The summed E-state index contributed by atoms with van der Waals surface area (Å²) in [7, 11) is 0. The molecule has 0 aliphatic rings. The summed E-state index contributed by atoms with van der Waals surface area (Å²) in [5.74, 6) is 0.576. The van der Waals surface area contributed by atoms with Crippen LogP contribution in [0.3, 0.4) is 0 Å². The van der Waals surface area contributed by atoms with Gasteiger partial charge in [0.2, 0.25) is 0 Å². The maximum atomic E-state index is 10.8. The molecule has 66 valence electrons. The largest absolute Gasteiger partial charge is 0.466 e. The number of hydrogen-bond donors (Lipinski definition) is 0. The van der Waals surface area contributed by atoms with Gasteiger partial charge in [0.05, 0.1) is 6.61 Å². The standard InChI is InChI=1S/C9H18O2/c1-4-8(3)6-7-9(10)11-5-2/h8H,4-7H2,1-3H3. The fraction of sp³-hybridized carbons (Fsp3) is 0.889. The minimum absolute atomic E-state index is 0.0622. The van der Waals surface area contributed by atoms with Gasteiger partial charge in [-0.1, -0.05) is 20.3 Å². The van der Waals surface area contributed by atoms with Crippen molar-refractivity contribution in [3.8, 4) is 0 Å². The lowest BCUT2D eigenvalue weighted by atomic mass is 10.0. The van der Waals surface area contributed by atoms with Gasteiger partial charge in [0.25, 0.3) is 0 Å². The Morgan fingerprint density at radius 1 is 1.45 bits per heavy atom. The van der Waals surface area contributed by atoms with E-state index in [4.69, 9.17) is 4.74 Å². The van der Waals surface area contributed by atoms with E-state index in [9.17, 15) is 4.79 Å². The zero-order chi connectivity index (χ0) is 8.69. The highest BCUT2D eigenvalue weighted by Gasteiger charge is 2.04. The van der Waals surface area contributed by atoms with Gasteiger partial charge >= 0.3 is 5.97 Å². The van der Waals surface area contributed by atoms with E-state index in [1.807, 2.05) is 6.92 Å². The van der Waals surface area contributed by atoms with Crippen LogP contribution in [0.15, 0.2) is 0 Å². The van der Waals surface area contributed by atoms with Crippen LogP contribution in [0, 0.1) is 5.92 Å². The molecule has 0 fully saturated rings. The maximum absolute atomic E-state index is 10.8. The molecule has 0 N–H and O–H groups in total. The zero-order valence-corrected chi connectivity index (χ0v) is 7.72. The molecule has 0 spiro atoms. The average Bonchev–Trinajstić information content (AvgIpc) is 2.01. The van der Waals surface area contributed by atoms with Gasteiger partial charge in [-0.2, -0.15) is 0 Å². The molecule has 0 radical (unpaired) electrons. The van der Waals surface area contributed by atoms with Crippen LogP contribution in [-0.4, -0.2) is 12.6 Å². The van der Waals surface area contributed by atoms with Crippen molar-refractivity contribution in [2.45, 2.75) is 40.0 Å². The van der Waals surface area contributed by atoms with Crippen molar-refractivity contribution in [3.63, 3.8) is 0 Å². The summed E-state index contributed by atoms with van der Waals surface area (Å²) in [4.78, 5) is 10.8. The molecule has 2 heteroatoms. The van der Waals surface area contributed by atoms with Crippen molar-refractivity contribution in [1.82, 2.24) is 0 Å². The fourth-order valence-electron chi connectivity index (χ4n) is 0.802. The Morgan fingerprint density at radius 3 is 2.55 bits per heavy atom. The molecule has 1 unspecified atom stereocenters. The topological polar surface area (TPSA) is 26.3 Å². The van der Waals surface area contributed by atoms with E-state index in [1.165, 1.54) is 0 Å². The predicted molar refractivity (Wildman–Crippen MR) is 45.3 cm³/mol. The third-order valence-electron chi connectivity index (χ3n) is 1.84. The first kappa shape index (κ1) is 10.5. The van der Waals surface area contributed by atoms with Gasteiger partial charge < -0.3 is 4.74 Å². The summed E-state index contributed by atoms with van der Waals surface area (Å²) in [5, 5.41) is 0. The van der Waals surface area contributed by atoms with Gasteiger partial charge in [-0.25, -0.2) is 0 Å². The second-order valence-electron chi connectivity index (χ2n) is 2.86. The quantitative estimate of drug-likeness (QED) is 0.574. The van der Waals surface area contributed by atoms with Crippen molar-refractivity contribution in [1.29, 1.82) is 0 Å². The summed E-state index contributed by atoms with van der Waals surface area (Å²) in [5.41, 5.74) is 0. The number of rotatable bonds is 5. The Hall–Kier alpha value is -0.530. The molecular formula is C9H18O2.